The molecule has 5 nitrogen and oxygen atoms in total. The molecule has 1 fully saturated rings. The van der Waals surface area contributed by atoms with E-state index in [1.165, 1.54) is 0 Å². The Morgan fingerprint density at radius 2 is 2.35 bits per heavy atom. The van der Waals surface area contributed by atoms with E-state index in [4.69, 9.17) is 9.47 Å². The molecule has 1 N–H and O–H groups in total. The van der Waals surface area contributed by atoms with E-state index in [-0.39, 0.29) is 6.10 Å². The quantitative estimate of drug-likeness (QED) is 0.848. The van der Waals surface area contributed by atoms with Crippen molar-refractivity contribution in [2.24, 2.45) is 0 Å². The number of morpholine rings is 1. The first-order chi connectivity index (χ1) is 9.72. The maximum absolute atomic E-state index is 5.92. The van der Waals surface area contributed by atoms with Crippen molar-refractivity contribution < 1.29 is 9.47 Å². The third kappa shape index (κ3) is 4.16. The highest BCUT2D eigenvalue weighted by Gasteiger charge is 2.20. The first-order valence-corrected chi connectivity index (χ1v) is 7.30. The van der Waals surface area contributed by atoms with Gasteiger partial charge in [-0.15, -0.1) is 0 Å². The van der Waals surface area contributed by atoms with Crippen molar-refractivity contribution in [3.05, 3.63) is 23.5 Å². The van der Waals surface area contributed by atoms with Gasteiger partial charge in [-0.3, -0.25) is 9.88 Å². The van der Waals surface area contributed by atoms with E-state index in [0.29, 0.717) is 13.2 Å². The minimum Gasteiger partial charge on any atom is -0.489 e. The van der Waals surface area contributed by atoms with Crippen molar-refractivity contribution in [2.45, 2.75) is 26.5 Å². The molecule has 0 amide bonds. The van der Waals surface area contributed by atoms with Gasteiger partial charge in [-0.05, 0) is 32.6 Å². The van der Waals surface area contributed by atoms with Gasteiger partial charge in [0.15, 0.2) is 0 Å². The van der Waals surface area contributed by atoms with Gasteiger partial charge >= 0.3 is 0 Å². The monoisotopic (exact) mass is 279 g/mol. The van der Waals surface area contributed by atoms with Gasteiger partial charge in [-0.1, -0.05) is 6.92 Å². The number of hydrogen-bond acceptors (Lipinski definition) is 5. The van der Waals surface area contributed by atoms with Crippen LogP contribution in [0.1, 0.15) is 18.3 Å². The fourth-order valence-electron chi connectivity index (χ4n) is 2.37. The summed E-state index contributed by atoms with van der Waals surface area (Å²) in [5.74, 6) is 0.849. The molecule has 0 saturated carbocycles. The third-order valence-electron chi connectivity index (χ3n) is 3.51. The van der Waals surface area contributed by atoms with Crippen LogP contribution in [0.2, 0.25) is 0 Å². The number of aromatic nitrogens is 1. The predicted molar refractivity (Wildman–Crippen MR) is 79.1 cm³/mol. The summed E-state index contributed by atoms with van der Waals surface area (Å²) in [6.07, 6.45) is 0.146. The zero-order valence-corrected chi connectivity index (χ0v) is 12.7. The molecular formula is C15H25N3O2. The number of hydrogen-bond donors (Lipinski definition) is 1. The van der Waals surface area contributed by atoms with Crippen molar-refractivity contribution in [3.63, 3.8) is 0 Å². The summed E-state index contributed by atoms with van der Waals surface area (Å²) in [6, 6.07) is 3.98. The van der Waals surface area contributed by atoms with Crippen LogP contribution in [0.15, 0.2) is 12.1 Å². The van der Waals surface area contributed by atoms with Crippen molar-refractivity contribution in [3.8, 4) is 5.75 Å². The van der Waals surface area contributed by atoms with Gasteiger partial charge in [-0.25, -0.2) is 0 Å². The highest BCUT2D eigenvalue weighted by molar-refractivity contribution is 5.29. The number of aryl methyl sites for hydroxylation is 1. The molecule has 1 aliphatic heterocycles. The lowest BCUT2D eigenvalue weighted by atomic mass is 10.2. The molecule has 1 aromatic heterocycles. The Labute approximate surface area is 121 Å². The lowest BCUT2D eigenvalue weighted by Gasteiger charge is -2.31. The Morgan fingerprint density at radius 3 is 3.10 bits per heavy atom. The van der Waals surface area contributed by atoms with E-state index in [0.717, 1.165) is 43.4 Å². The van der Waals surface area contributed by atoms with E-state index >= 15 is 0 Å². The molecular weight excluding hydrogens is 254 g/mol. The van der Waals surface area contributed by atoms with Crippen LogP contribution < -0.4 is 10.1 Å². The number of nitrogens with one attached hydrogen (secondary N) is 1. The summed E-state index contributed by atoms with van der Waals surface area (Å²) >= 11 is 0. The molecule has 20 heavy (non-hydrogen) atoms. The fourth-order valence-corrected chi connectivity index (χ4v) is 2.37. The fraction of sp³-hybridized carbons (Fsp3) is 0.667. The van der Waals surface area contributed by atoms with Gasteiger partial charge in [0.1, 0.15) is 18.5 Å². The molecule has 0 radical (unpaired) electrons. The Balaban J connectivity index is 1.93. The number of nitrogens with zero attached hydrogens (tertiary/aromatic N) is 2. The minimum absolute atomic E-state index is 0.146. The van der Waals surface area contributed by atoms with Crippen LogP contribution >= 0.6 is 0 Å². The Bertz CT molecular complexity index is 426. The zero-order valence-electron chi connectivity index (χ0n) is 12.7. The third-order valence-corrected chi connectivity index (χ3v) is 3.51. The lowest BCUT2D eigenvalue weighted by molar-refractivity contribution is -0.0465. The Kier molecular flexibility index (Phi) is 5.76. The minimum atomic E-state index is 0.146. The number of rotatable bonds is 6. The standard InChI is InChI=1S/C15H25N3O2/c1-4-18-7-8-19-13(10-18)11-20-15-6-5-12(2)17-14(15)9-16-3/h5-6,13,16H,4,7-11H2,1-3H3. The van der Waals surface area contributed by atoms with E-state index in [1.807, 2.05) is 26.1 Å². The van der Waals surface area contributed by atoms with Gasteiger partial charge in [0.25, 0.3) is 0 Å². The highest BCUT2D eigenvalue weighted by Crippen LogP contribution is 2.18. The molecule has 1 atom stereocenters. The summed E-state index contributed by atoms with van der Waals surface area (Å²) in [4.78, 5) is 6.91. The summed E-state index contributed by atoms with van der Waals surface area (Å²) in [7, 11) is 1.91. The Hall–Kier alpha value is -1.17. The van der Waals surface area contributed by atoms with Crippen LogP contribution in [0.3, 0.4) is 0 Å². The second kappa shape index (κ2) is 7.57. The van der Waals surface area contributed by atoms with Gasteiger partial charge in [0, 0.05) is 25.3 Å². The van der Waals surface area contributed by atoms with Crippen LogP contribution in [-0.2, 0) is 11.3 Å². The van der Waals surface area contributed by atoms with Crippen LogP contribution in [-0.4, -0.2) is 55.9 Å². The number of ether oxygens (including phenoxy) is 2. The van der Waals surface area contributed by atoms with Crippen LogP contribution in [0, 0.1) is 6.92 Å². The molecule has 0 aromatic carbocycles. The van der Waals surface area contributed by atoms with Crippen molar-refractivity contribution >= 4 is 0 Å². The maximum Gasteiger partial charge on any atom is 0.142 e. The molecule has 112 valence electrons. The molecule has 2 rings (SSSR count). The van der Waals surface area contributed by atoms with Crippen LogP contribution in [0.25, 0.3) is 0 Å². The zero-order chi connectivity index (χ0) is 14.4. The Morgan fingerprint density at radius 1 is 1.50 bits per heavy atom. The second-order valence-electron chi connectivity index (χ2n) is 5.12. The summed E-state index contributed by atoms with van der Waals surface area (Å²) in [6.45, 7) is 9.28. The number of pyridine rings is 1. The smallest absolute Gasteiger partial charge is 0.142 e. The summed E-state index contributed by atoms with van der Waals surface area (Å²) in [5, 5.41) is 3.12. The molecule has 0 bridgehead atoms. The van der Waals surface area contributed by atoms with Gasteiger partial charge < -0.3 is 14.8 Å². The second-order valence-corrected chi connectivity index (χ2v) is 5.12. The molecule has 1 aliphatic rings. The topological polar surface area (TPSA) is 46.6 Å². The van der Waals surface area contributed by atoms with Gasteiger partial charge in [-0.2, -0.15) is 0 Å². The van der Waals surface area contributed by atoms with Crippen molar-refractivity contribution in [2.75, 3.05) is 39.9 Å². The highest BCUT2D eigenvalue weighted by atomic mass is 16.5. The summed E-state index contributed by atoms with van der Waals surface area (Å²) in [5.41, 5.74) is 1.96. The first-order valence-electron chi connectivity index (χ1n) is 7.30. The first kappa shape index (κ1) is 15.2. The van der Waals surface area contributed by atoms with E-state index < -0.39 is 0 Å². The summed E-state index contributed by atoms with van der Waals surface area (Å²) < 4.78 is 11.7. The van der Waals surface area contributed by atoms with E-state index in [1.54, 1.807) is 0 Å². The maximum atomic E-state index is 5.92. The molecule has 2 heterocycles. The SMILES string of the molecule is CCN1CCOC(COc2ccc(C)nc2CNC)C1. The van der Waals surface area contributed by atoms with Crippen LogP contribution in [0.4, 0.5) is 0 Å². The predicted octanol–water partition coefficient (Wildman–Crippen LogP) is 1.21. The van der Waals surface area contributed by atoms with E-state index in [9.17, 15) is 0 Å². The molecule has 1 saturated heterocycles. The van der Waals surface area contributed by atoms with Crippen molar-refractivity contribution in [1.29, 1.82) is 0 Å². The van der Waals surface area contributed by atoms with Crippen molar-refractivity contribution in [1.82, 2.24) is 15.2 Å². The largest absolute Gasteiger partial charge is 0.489 e. The van der Waals surface area contributed by atoms with Crippen LogP contribution in [0.5, 0.6) is 5.75 Å². The lowest BCUT2D eigenvalue weighted by Crippen LogP contribution is -2.44. The normalized spacial score (nSPS) is 20.1. The number of likely N-dealkylation sites (N-methyl/N-ethyl adjacent to an activating group) is 1. The molecule has 1 unspecified atom stereocenters. The average molecular weight is 279 g/mol. The van der Waals surface area contributed by atoms with E-state index in [2.05, 4.69) is 22.1 Å². The molecule has 1 aromatic rings. The molecule has 0 aliphatic carbocycles. The average Bonchev–Trinajstić information content (AvgIpc) is 2.47. The molecule has 0 spiro atoms. The van der Waals surface area contributed by atoms with Gasteiger partial charge in [0.05, 0.1) is 12.3 Å². The van der Waals surface area contributed by atoms with Gasteiger partial charge in [0.2, 0.25) is 0 Å². The molecule has 5 heteroatoms.